The van der Waals surface area contributed by atoms with Crippen molar-refractivity contribution in [1.82, 2.24) is 9.55 Å². The Labute approximate surface area is 140 Å². The summed E-state index contributed by atoms with van der Waals surface area (Å²) in [7, 11) is -9.34. The number of aliphatic hydroxyl groups is 1. The van der Waals surface area contributed by atoms with Crippen LogP contribution in [0.15, 0.2) is 15.8 Å². The summed E-state index contributed by atoms with van der Waals surface area (Å²) in [4.78, 5) is 52.1. The van der Waals surface area contributed by atoms with Crippen LogP contribution in [0.4, 0.5) is 0 Å². The van der Waals surface area contributed by atoms with E-state index in [1.54, 1.807) is 0 Å². The molecule has 0 saturated carbocycles. The molecule has 12 nitrogen and oxygen atoms in total. The molecule has 2 heterocycles. The minimum atomic E-state index is -4.76. The van der Waals surface area contributed by atoms with E-state index in [0.717, 1.165) is 4.57 Å². The molecule has 1 fully saturated rings. The first-order chi connectivity index (χ1) is 11.4. The van der Waals surface area contributed by atoms with Crippen LogP contribution in [0.25, 0.3) is 0 Å². The van der Waals surface area contributed by atoms with Gasteiger partial charge in [0.15, 0.2) is 5.90 Å². The van der Waals surface area contributed by atoms with Crippen molar-refractivity contribution < 1.29 is 38.2 Å². The number of hydrogen-bond acceptors (Lipinski definition) is 7. The highest BCUT2D eigenvalue weighted by molar-refractivity contribution is 7.70. The van der Waals surface area contributed by atoms with Crippen molar-refractivity contribution in [2.24, 2.45) is 0 Å². The molecule has 1 saturated heterocycles. The van der Waals surface area contributed by atoms with E-state index in [4.69, 9.17) is 14.5 Å². The van der Waals surface area contributed by atoms with Crippen molar-refractivity contribution in [3.63, 3.8) is 0 Å². The Morgan fingerprint density at radius 2 is 2.00 bits per heavy atom. The fourth-order valence-electron chi connectivity index (χ4n) is 2.30. The van der Waals surface area contributed by atoms with Gasteiger partial charge in [0.05, 0.1) is 12.7 Å². The van der Waals surface area contributed by atoms with E-state index in [9.17, 15) is 28.7 Å². The number of aromatic amines is 1. The average Bonchev–Trinajstić information content (AvgIpc) is 2.79. The summed E-state index contributed by atoms with van der Waals surface area (Å²) < 4.78 is 33.4. The second-order valence-corrected chi connectivity index (χ2v) is 9.64. The van der Waals surface area contributed by atoms with Gasteiger partial charge in [0.1, 0.15) is 12.3 Å². The van der Waals surface area contributed by atoms with Crippen molar-refractivity contribution in [2.75, 3.05) is 12.5 Å². The molecule has 0 spiro atoms. The monoisotopic (exact) mass is 400 g/mol. The van der Waals surface area contributed by atoms with Crippen LogP contribution in [0, 0.1) is 6.92 Å². The van der Waals surface area contributed by atoms with Gasteiger partial charge in [-0.3, -0.25) is 23.5 Å². The Balaban J connectivity index is 2.06. The van der Waals surface area contributed by atoms with E-state index in [-0.39, 0.29) is 12.0 Å². The summed E-state index contributed by atoms with van der Waals surface area (Å²) in [5.74, 6) is -1.36. The maximum atomic E-state index is 11.8. The molecule has 0 aliphatic carbocycles. The van der Waals surface area contributed by atoms with Crippen molar-refractivity contribution in [1.29, 1.82) is 0 Å². The number of rotatable bonds is 6. The Morgan fingerprint density at radius 1 is 1.36 bits per heavy atom. The SMILES string of the molecule is Cc1cn([C@H]2C[C@H](O)[C@@H](COP(=O)(O)CP(=O)(O)O)O2)c(=O)[nH]c1=O. The zero-order valence-corrected chi connectivity index (χ0v) is 14.8. The minimum absolute atomic E-state index is 0.0480. The number of H-pyrrole nitrogens is 1. The minimum Gasteiger partial charge on any atom is -0.390 e. The number of nitrogens with zero attached hydrogens (tertiary/aromatic N) is 1. The summed E-state index contributed by atoms with van der Waals surface area (Å²) in [5, 5.41) is 9.95. The maximum Gasteiger partial charge on any atom is 0.340 e. The summed E-state index contributed by atoms with van der Waals surface area (Å²) in [6.45, 7) is 0.868. The van der Waals surface area contributed by atoms with E-state index >= 15 is 0 Å². The highest BCUT2D eigenvalue weighted by atomic mass is 31.2. The van der Waals surface area contributed by atoms with Gasteiger partial charge in [0, 0.05) is 18.2 Å². The lowest BCUT2D eigenvalue weighted by molar-refractivity contribution is -0.0423. The third-order valence-corrected chi connectivity index (χ3v) is 6.92. The van der Waals surface area contributed by atoms with E-state index < -0.39 is 57.4 Å². The average molecular weight is 400 g/mol. The topological polar surface area (TPSA) is 188 Å². The normalized spacial score (nSPS) is 26.5. The molecule has 4 atom stereocenters. The predicted octanol–water partition coefficient (Wildman–Crippen LogP) is -1.17. The third kappa shape index (κ3) is 5.44. The molecule has 1 aromatic heterocycles. The molecule has 5 N–H and O–H groups in total. The van der Waals surface area contributed by atoms with Gasteiger partial charge in [-0.15, -0.1) is 0 Å². The molecule has 0 bridgehead atoms. The smallest absolute Gasteiger partial charge is 0.340 e. The third-order valence-electron chi connectivity index (χ3n) is 3.46. The fraction of sp³-hybridized carbons (Fsp3) is 0.636. The van der Waals surface area contributed by atoms with E-state index in [1.807, 2.05) is 0 Å². The van der Waals surface area contributed by atoms with Crippen LogP contribution in [0.5, 0.6) is 0 Å². The molecule has 1 unspecified atom stereocenters. The van der Waals surface area contributed by atoms with Crippen LogP contribution < -0.4 is 11.2 Å². The summed E-state index contributed by atoms with van der Waals surface area (Å²) >= 11 is 0. The Morgan fingerprint density at radius 3 is 2.60 bits per heavy atom. The molecule has 1 aromatic rings. The van der Waals surface area contributed by atoms with Gasteiger partial charge in [-0.1, -0.05) is 0 Å². The Kier molecular flexibility index (Phi) is 5.87. The van der Waals surface area contributed by atoms with E-state index in [1.165, 1.54) is 13.1 Å². The van der Waals surface area contributed by atoms with Crippen LogP contribution in [0.1, 0.15) is 18.2 Å². The first kappa shape index (κ1) is 20.2. The summed E-state index contributed by atoms with van der Waals surface area (Å²) in [5.41, 5.74) is -1.05. The van der Waals surface area contributed by atoms with Crippen LogP contribution in [0.3, 0.4) is 0 Å². The van der Waals surface area contributed by atoms with Crippen molar-refractivity contribution in [3.8, 4) is 0 Å². The second-order valence-electron chi connectivity index (χ2n) is 5.65. The molecule has 0 amide bonds. The molecule has 0 radical (unpaired) electrons. The first-order valence-electron chi connectivity index (χ1n) is 7.04. The second kappa shape index (κ2) is 7.26. The standard InChI is InChI=1S/C11H18N2O10P2/c1-6-3-13(11(16)12-10(6)15)9-2-7(14)8(23-9)4-22-25(20,21)5-24(17,18)19/h3,7-9,14H,2,4-5H2,1H3,(H,20,21)(H,12,15,16)(H2,17,18,19)/t7-,8+,9+/m0/s1. The number of aromatic nitrogens is 2. The number of nitrogens with one attached hydrogen (secondary N) is 1. The van der Waals surface area contributed by atoms with Crippen LogP contribution in [-0.2, 0) is 18.4 Å². The zero-order valence-electron chi connectivity index (χ0n) is 13.0. The molecule has 25 heavy (non-hydrogen) atoms. The highest BCUT2D eigenvalue weighted by Crippen LogP contribution is 2.55. The molecule has 14 heteroatoms. The van der Waals surface area contributed by atoms with Crippen LogP contribution >= 0.6 is 15.2 Å². The van der Waals surface area contributed by atoms with Gasteiger partial charge in [-0.05, 0) is 6.92 Å². The zero-order chi connectivity index (χ0) is 19.0. The van der Waals surface area contributed by atoms with Crippen molar-refractivity contribution >= 4 is 15.2 Å². The molecule has 2 rings (SSSR count). The van der Waals surface area contributed by atoms with E-state index in [0.29, 0.717) is 0 Å². The molecule has 1 aliphatic rings. The van der Waals surface area contributed by atoms with E-state index in [2.05, 4.69) is 9.51 Å². The Hall–Kier alpha value is -1.10. The molecule has 1 aliphatic heterocycles. The molecular weight excluding hydrogens is 382 g/mol. The fourth-order valence-corrected chi connectivity index (χ4v) is 4.87. The molecule has 142 valence electrons. The van der Waals surface area contributed by atoms with Gasteiger partial charge in [0.2, 0.25) is 0 Å². The highest BCUT2D eigenvalue weighted by Gasteiger charge is 2.38. The predicted molar refractivity (Wildman–Crippen MR) is 83.3 cm³/mol. The van der Waals surface area contributed by atoms with Gasteiger partial charge < -0.3 is 29.0 Å². The summed E-state index contributed by atoms with van der Waals surface area (Å²) in [6, 6.07) is 0. The van der Waals surface area contributed by atoms with Gasteiger partial charge in [0.25, 0.3) is 5.56 Å². The largest absolute Gasteiger partial charge is 0.390 e. The number of aliphatic hydroxyl groups excluding tert-OH is 1. The Bertz CT molecular complexity index is 842. The molecular formula is C11H18N2O10P2. The quantitative estimate of drug-likeness (QED) is 0.364. The lowest BCUT2D eigenvalue weighted by atomic mass is 10.2. The van der Waals surface area contributed by atoms with Crippen molar-refractivity contribution in [2.45, 2.75) is 31.8 Å². The number of hydrogen-bond donors (Lipinski definition) is 5. The summed E-state index contributed by atoms with van der Waals surface area (Å²) in [6.07, 6.45) is -1.98. The van der Waals surface area contributed by atoms with Crippen LogP contribution in [0.2, 0.25) is 0 Å². The van der Waals surface area contributed by atoms with Gasteiger partial charge in [-0.2, -0.15) is 0 Å². The van der Waals surface area contributed by atoms with Crippen LogP contribution in [-0.4, -0.2) is 54.1 Å². The molecule has 0 aromatic carbocycles. The lowest BCUT2D eigenvalue weighted by Crippen LogP contribution is -2.33. The van der Waals surface area contributed by atoms with Crippen molar-refractivity contribution in [3.05, 3.63) is 32.6 Å². The lowest BCUT2D eigenvalue weighted by Gasteiger charge is -2.18. The van der Waals surface area contributed by atoms with Gasteiger partial charge in [-0.25, -0.2) is 4.79 Å². The number of ether oxygens (including phenoxy) is 1. The maximum absolute atomic E-state index is 11.8. The first-order valence-corrected chi connectivity index (χ1v) is 10.6. The number of aryl methyl sites for hydroxylation is 1. The van der Waals surface area contributed by atoms with Gasteiger partial charge >= 0.3 is 20.9 Å².